The Bertz CT molecular complexity index is 649. The van der Waals surface area contributed by atoms with E-state index in [1.807, 2.05) is 12.1 Å². The van der Waals surface area contributed by atoms with Gasteiger partial charge >= 0.3 is 0 Å². The number of amides is 1. The largest absolute Gasteiger partial charge is 0.397 e. The topological polar surface area (TPSA) is 55.1 Å². The van der Waals surface area contributed by atoms with Crippen LogP contribution in [0.1, 0.15) is 35.4 Å². The van der Waals surface area contributed by atoms with Crippen LogP contribution in [0, 0.1) is 5.92 Å². The number of halogens is 1. The molecule has 0 unspecified atom stereocenters. The molecule has 3 rings (SSSR count). The second-order valence-electron chi connectivity index (χ2n) is 5.30. The molecule has 20 heavy (non-hydrogen) atoms. The van der Waals surface area contributed by atoms with Crippen LogP contribution >= 0.6 is 22.9 Å². The summed E-state index contributed by atoms with van der Waals surface area (Å²) in [6, 6.07) is 5.61. The summed E-state index contributed by atoms with van der Waals surface area (Å²) in [6.45, 7) is 0.727. The molecular formula is C15H17ClN2OS. The van der Waals surface area contributed by atoms with E-state index in [0.29, 0.717) is 15.6 Å². The molecule has 0 atom stereocenters. The number of benzene rings is 1. The van der Waals surface area contributed by atoms with Crippen molar-refractivity contribution in [2.24, 2.45) is 5.92 Å². The fourth-order valence-corrected chi connectivity index (χ4v) is 3.95. The number of nitrogens with two attached hydrogens (primary N) is 1. The van der Waals surface area contributed by atoms with E-state index < -0.39 is 0 Å². The van der Waals surface area contributed by atoms with Crippen LogP contribution in [0.15, 0.2) is 18.2 Å². The summed E-state index contributed by atoms with van der Waals surface area (Å²) >= 11 is 7.55. The summed E-state index contributed by atoms with van der Waals surface area (Å²) in [7, 11) is 0. The maximum atomic E-state index is 12.2. The van der Waals surface area contributed by atoms with Gasteiger partial charge < -0.3 is 11.1 Å². The minimum absolute atomic E-state index is 0.0842. The molecule has 0 radical (unpaired) electrons. The summed E-state index contributed by atoms with van der Waals surface area (Å²) in [6.07, 6.45) is 5.00. The van der Waals surface area contributed by atoms with Crippen molar-refractivity contribution >= 4 is 44.6 Å². The van der Waals surface area contributed by atoms with Gasteiger partial charge in [0.25, 0.3) is 5.91 Å². The lowest BCUT2D eigenvalue weighted by Gasteiger charge is -2.25. The van der Waals surface area contributed by atoms with E-state index in [0.717, 1.165) is 29.0 Å². The quantitative estimate of drug-likeness (QED) is 0.895. The van der Waals surface area contributed by atoms with E-state index in [1.165, 1.54) is 30.6 Å². The van der Waals surface area contributed by atoms with Gasteiger partial charge in [-0.2, -0.15) is 0 Å². The van der Waals surface area contributed by atoms with Crippen LogP contribution in [0.25, 0.3) is 10.1 Å². The SMILES string of the molecule is Nc1c(C(=O)NCCC2CCC2)sc2cccc(Cl)c12. The Morgan fingerprint density at radius 2 is 2.25 bits per heavy atom. The number of thiophene rings is 1. The Balaban J connectivity index is 1.73. The van der Waals surface area contributed by atoms with Gasteiger partial charge in [0, 0.05) is 16.6 Å². The number of carbonyl (C=O) groups excluding carboxylic acids is 1. The second-order valence-corrected chi connectivity index (χ2v) is 6.76. The Kier molecular flexibility index (Phi) is 3.85. The monoisotopic (exact) mass is 308 g/mol. The van der Waals surface area contributed by atoms with E-state index in [1.54, 1.807) is 6.07 Å². The molecule has 1 aromatic carbocycles. The number of hydrogen-bond donors (Lipinski definition) is 2. The summed E-state index contributed by atoms with van der Waals surface area (Å²) in [4.78, 5) is 12.8. The standard InChI is InChI=1S/C15H17ClN2OS/c16-10-5-2-6-11-12(10)13(17)14(20-11)15(19)18-8-7-9-3-1-4-9/h2,5-6,9H,1,3-4,7-8,17H2,(H,18,19). The van der Waals surface area contributed by atoms with Crippen molar-refractivity contribution in [3.63, 3.8) is 0 Å². The van der Waals surface area contributed by atoms with Gasteiger partial charge in [0.05, 0.1) is 10.7 Å². The predicted octanol–water partition coefficient (Wildman–Crippen LogP) is 4.06. The van der Waals surface area contributed by atoms with Gasteiger partial charge in [0.15, 0.2) is 0 Å². The van der Waals surface area contributed by atoms with Gasteiger partial charge in [0.2, 0.25) is 0 Å². The number of fused-ring (bicyclic) bond motifs is 1. The lowest BCUT2D eigenvalue weighted by molar-refractivity contribution is 0.0954. The number of hydrogen-bond acceptors (Lipinski definition) is 3. The summed E-state index contributed by atoms with van der Waals surface area (Å²) < 4.78 is 0.958. The molecule has 5 heteroatoms. The molecule has 0 saturated heterocycles. The first-order valence-electron chi connectivity index (χ1n) is 6.91. The highest BCUT2D eigenvalue weighted by molar-refractivity contribution is 7.21. The first-order valence-corrected chi connectivity index (χ1v) is 8.11. The van der Waals surface area contributed by atoms with Gasteiger partial charge in [0.1, 0.15) is 4.88 Å². The highest BCUT2D eigenvalue weighted by atomic mass is 35.5. The summed E-state index contributed by atoms with van der Waals surface area (Å²) in [5.74, 6) is 0.712. The highest BCUT2D eigenvalue weighted by Gasteiger charge is 2.20. The molecule has 0 spiro atoms. The fourth-order valence-electron chi connectivity index (χ4n) is 2.55. The first-order chi connectivity index (χ1) is 9.66. The number of carbonyl (C=O) groups is 1. The van der Waals surface area contributed by atoms with Gasteiger partial charge in [-0.05, 0) is 24.5 Å². The average molecular weight is 309 g/mol. The van der Waals surface area contributed by atoms with Crippen molar-refractivity contribution in [3.8, 4) is 0 Å². The van der Waals surface area contributed by atoms with Crippen LogP contribution in [-0.4, -0.2) is 12.5 Å². The lowest BCUT2D eigenvalue weighted by atomic mass is 9.83. The molecule has 1 saturated carbocycles. The normalized spacial score (nSPS) is 15.2. The van der Waals surface area contributed by atoms with Crippen LogP contribution in [-0.2, 0) is 0 Å². The third-order valence-corrected chi connectivity index (χ3v) is 5.46. The minimum Gasteiger partial charge on any atom is -0.397 e. The van der Waals surface area contributed by atoms with Gasteiger partial charge in [-0.1, -0.05) is 36.9 Å². The van der Waals surface area contributed by atoms with E-state index in [9.17, 15) is 4.79 Å². The smallest absolute Gasteiger partial charge is 0.263 e. The molecule has 0 bridgehead atoms. The predicted molar refractivity (Wildman–Crippen MR) is 85.5 cm³/mol. The number of anilines is 1. The average Bonchev–Trinajstić information content (AvgIpc) is 2.71. The highest BCUT2D eigenvalue weighted by Crippen LogP contribution is 2.38. The molecule has 3 nitrogen and oxygen atoms in total. The van der Waals surface area contributed by atoms with Gasteiger partial charge in [-0.15, -0.1) is 11.3 Å². The number of nitrogen functional groups attached to an aromatic ring is 1. The minimum atomic E-state index is -0.0842. The Hall–Kier alpha value is -1.26. The lowest BCUT2D eigenvalue weighted by Crippen LogP contribution is -2.27. The Labute approximate surface area is 127 Å². The van der Waals surface area contributed by atoms with Crippen molar-refractivity contribution in [1.82, 2.24) is 5.32 Å². The third kappa shape index (κ3) is 2.50. The van der Waals surface area contributed by atoms with E-state index in [-0.39, 0.29) is 5.91 Å². The molecular weight excluding hydrogens is 292 g/mol. The second kappa shape index (κ2) is 5.62. The van der Waals surface area contributed by atoms with Crippen molar-refractivity contribution in [1.29, 1.82) is 0 Å². The zero-order chi connectivity index (χ0) is 14.1. The molecule has 1 amide bonds. The maximum Gasteiger partial charge on any atom is 0.263 e. The van der Waals surface area contributed by atoms with E-state index >= 15 is 0 Å². The molecule has 106 valence electrons. The summed E-state index contributed by atoms with van der Waals surface area (Å²) in [5.41, 5.74) is 6.57. The summed E-state index contributed by atoms with van der Waals surface area (Å²) in [5, 5.41) is 4.36. The van der Waals surface area contributed by atoms with E-state index in [4.69, 9.17) is 17.3 Å². The molecule has 1 fully saturated rings. The zero-order valence-corrected chi connectivity index (χ0v) is 12.7. The molecule has 2 aromatic rings. The molecule has 1 aromatic heterocycles. The van der Waals surface area contributed by atoms with E-state index in [2.05, 4.69) is 5.32 Å². The Morgan fingerprint density at radius 3 is 2.90 bits per heavy atom. The zero-order valence-electron chi connectivity index (χ0n) is 11.1. The van der Waals surface area contributed by atoms with Crippen LogP contribution in [0.3, 0.4) is 0 Å². The van der Waals surface area contributed by atoms with Crippen LogP contribution in [0.2, 0.25) is 5.02 Å². The van der Waals surface area contributed by atoms with Crippen molar-refractivity contribution < 1.29 is 4.79 Å². The fraction of sp³-hybridized carbons (Fsp3) is 0.400. The molecule has 0 aliphatic heterocycles. The first kappa shape index (κ1) is 13.7. The molecule has 1 heterocycles. The van der Waals surface area contributed by atoms with Crippen molar-refractivity contribution in [2.45, 2.75) is 25.7 Å². The molecule has 1 aliphatic rings. The van der Waals surface area contributed by atoms with Crippen molar-refractivity contribution in [2.75, 3.05) is 12.3 Å². The number of nitrogens with one attached hydrogen (secondary N) is 1. The molecule has 3 N–H and O–H groups in total. The van der Waals surface area contributed by atoms with Gasteiger partial charge in [-0.25, -0.2) is 0 Å². The third-order valence-electron chi connectivity index (χ3n) is 3.97. The van der Waals surface area contributed by atoms with Crippen molar-refractivity contribution in [3.05, 3.63) is 28.1 Å². The van der Waals surface area contributed by atoms with Crippen LogP contribution in [0.5, 0.6) is 0 Å². The Morgan fingerprint density at radius 1 is 1.45 bits per heavy atom. The number of rotatable bonds is 4. The molecule has 1 aliphatic carbocycles. The maximum absolute atomic E-state index is 12.2. The van der Waals surface area contributed by atoms with Gasteiger partial charge in [-0.3, -0.25) is 4.79 Å². The van der Waals surface area contributed by atoms with Crippen LogP contribution < -0.4 is 11.1 Å². The van der Waals surface area contributed by atoms with Crippen LogP contribution in [0.4, 0.5) is 5.69 Å².